The lowest BCUT2D eigenvalue weighted by molar-refractivity contribution is -0.135. The zero-order valence-electron chi connectivity index (χ0n) is 17.7. The summed E-state index contributed by atoms with van der Waals surface area (Å²) >= 11 is 0. The molecule has 0 amide bonds. The van der Waals surface area contributed by atoms with Crippen LogP contribution in [0.2, 0.25) is 0 Å². The Hall–Kier alpha value is -1.15. The lowest BCUT2D eigenvalue weighted by Crippen LogP contribution is -2.41. The Morgan fingerprint density at radius 3 is 2.37 bits per heavy atom. The van der Waals surface area contributed by atoms with Gasteiger partial charge in [-0.15, -0.1) is 34.2 Å². The van der Waals surface area contributed by atoms with Gasteiger partial charge in [0, 0.05) is 39.6 Å². The highest BCUT2D eigenvalue weighted by atomic mass is 127. The Labute approximate surface area is 193 Å². The smallest absolute Gasteiger partial charge is 0.379 e. The number of hydrogen-bond donors (Lipinski definition) is 2. The van der Waals surface area contributed by atoms with Gasteiger partial charge in [0.15, 0.2) is 11.8 Å². The van der Waals surface area contributed by atoms with Crippen molar-refractivity contribution in [2.45, 2.75) is 45.3 Å². The summed E-state index contributed by atoms with van der Waals surface area (Å²) in [5, 5.41) is 14.5. The minimum absolute atomic E-state index is 0. The third-order valence-corrected chi connectivity index (χ3v) is 4.79. The second-order valence-electron chi connectivity index (χ2n) is 7.12. The van der Waals surface area contributed by atoms with E-state index in [0.29, 0.717) is 25.5 Å². The molecule has 12 heteroatoms. The summed E-state index contributed by atoms with van der Waals surface area (Å²) < 4.78 is 44.0. The highest BCUT2D eigenvalue weighted by Gasteiger charge is 2.25. The summed E-state index contributed by atoms with van der Waals surface area (Å²) in [5.41, 5.74) is 0. The summed E-state index contributed by atoms with van der Waals surface area (Å²) in [4.78, 5) is 6.87. The summed E-state index contributed by atoms with van der Waals surface area (Å²) in [5.74, 6) is 2.11. The monoisotopic (exact) mass is 547 g/mol. The van der Waals surface area contributed by atoms with Gasteiger partial charge in [-0.05, 0) is 32.7 Å². The Kier molecular flexibility index (Phi) is 12.6. The van der Waals surface area contributed by atoms with Gasteiger partial charge in [-0.3, -0.25) is 4.90 Å². The number of alkyl halides is 3. The van der Waals surface area contributed by atoms with Crippen molar-refractivity contribution in [1.82, 2.24) is 30.3 Å². The molecule has 0 aromatic carbocycles. The molecule has 30 heavy (non-hydrogen) atoms. The normalized spacial score (nSPS) is 15.7. The molecule has 2 heterocycles. The van der Waals surface area contributed by atoms with E-state index in [9.17, 15) is 13.2 Å². The number of nitrogens with zero attached hydrogens (tertiary/aromatic N) is 5. The van der Waals surface area contributed by atoms with Crippen molar-refractivity contribution in [3.8, 4) is 0 Å². The van der Waals surface area contributed by atoms with E-state index in [2.05, 4.69) is 30.7 Å². The lowest BCUT2D eigenvalue weighted by atomic mass is 10.2. The summed E-state index contributed by atoms with van der Waals surface area (Å²) in [6.07, 6.45) is -3.39. The van der Waals surface area contributed by atoms with Gasteiger partial charge in [0.2, 0.25) is 0 Å². The fraction of sp³-hybridized carbons (Fsp3) is 0.833. The first-order valence-corrected chi connectivity index (χ1v) is 10.1. The molecule has 8 nitrogen and oxygen atoms in total. The van der Waals surface area contributed by atoms with Crippen LogP contribution in [0.4, 0.5) is 13.2 Å². The van der Waals surface area contributed by atoms with E-state index in [1.54, 1.807) is 0 Å². The fourth-order valence-electron chi connectivity index (χ4n) is 2.90. The number of aryl methyl sites for hydroxylation is 1. The van der Waals surface area contributed by atoms with E-state index < -0.39 is 12.6 Å². The molecule has 174 valence electrons. The highest BCUT2D eigenvalue weighted by molar-refractivity contribution is 14.0. The van der Waals surface area contributed by atoms with Gasteiger partial charge in [0.05, 0.1) is 13.2 Å². The number of guanidine groups is 1. The third-order valence-electron chi connectivity index (χ3n) is 4.79. The molecule has 0 unspecified atom stereocenters. The largest absolute Gasteiger partial charge is 0.389 e. The SMILES string of the molecule is Cc1nnc(CN=C(NCCCCC(F)(F)F)NCCCN2CCOCC2)n1C.I. The number of morpholine rings is 1. The average Bonchev–Trinajstić information content (AvgIpc) is 3.00. The van der Waals surface area contributed by atoms with Gasteiger partial charge < -0.3 is 19.9 Å². The Balaban J connectivity index is 0.00000450. The van der Waals surface area contributed by atoms with Crippen molar-refractivity contribution >= 4 is 29.9 Å². The Morgan fingerprint density at radius 2 is 1.77 bits per heavy atom. The molecule has 0 spiro atoms. The van der Waals surface area contributed by atoms with E-state index in [4.69, 9.17) is 4.74 Å². The molecule has 1 aliphatic heterocycles. The zero-order chi connectivity index (χ0) is 21.1. The molecule has 2 rings (SSSR count). The maximum absolute atomic E-state index is 12.3. The number of halogens is 4. The quantitative estimate of drug-likeness (QED) is 0.203. The highest BCUT2D eigenvalue weighted by Crippen LogP contribution is 2.21. The van der Waals surface area contributed by atoms with Crippen molar-refractivity contribution in [3.63, 3.8) is 0 Å². The molecule has 1 aromatic rings. The molecule has 0 bridgehead atoms. The van der Waals surface area contributed by atoms with Crippen LogP contribution >= 0.6 is 24.0 Å². The van der Waals surface area contributed by atoms with E-state index in [1.165, 1.54) is 0 Å². The first kappa shape index (κ1) is 26.9. The maximum atomic E-state index is 12.3. The van der Waals surface area contributed by atoms with Crippen LogP contribution in [0, 0.1) is 6.92 Å². The van der Waals surface area contributed by atoms with Crippen molar-refractivity contribution in [2.24, 2.45) is 12.0 Å². The molecule has 1 aromatic heterocycles. The van der Waals surface area contributed by atoms with Crippen LogP contribution in [-0.2, 0) is 18.3 Å². The number of unbranched alkanes of at least 4 members (excludes halogenated alkanes) is 1. The Bertz CT molecular complexity index is 634. The van der Waals surface area contributed by atoms with Crippen molar-refractivity contribution in [1.29, 1.82) is 0 Å². The van der Waals surface area contributed by atoms with Gasteiger partial charge in [0.1, 0.15) is 12.4 Å². The van der Waals surface area contributed by atoms with Crippen molar-refractivity contribution < 1.29 is 17.9 Å². The van der Waals surface area contributed by atoms with E-state index >= 15 is 0 Å². The van der Waals surface area contributed by atoms with Crippen molar-refractivity contribution in [3.05, 3.63) is 11.6 Å². The minimum Gasteiger partial charge on any atom is -0.379 e. The maximum Gasteiger partial charge on any atom is 0.389 e. The standard InChI is InChI=1S/C18H32F3N7O.HI/c1-15-25-26-16(27(15)2)14-24-17(22-7-4-3-6-18(19,20)21)23-8-5-9-28-10-12-29-13-11-28;/h3-14H2,1-2H3,(H2,22,23,24);1H. The molecule has 0 aliphatic carbocycles. The Morgan fingerprint density at radius 1 is 1.10 bits per heavy atom. The van der Waals surface area contributed by atoms with Gasteiger partial charge >= 0.3 is 6.18 Å². The van der Waals surface area contributed by atoms with Crippen LogP contribution in [0.3, 0.4) is 0 Å². The van der Waals surface area contributed by atoms with Crippen LogP contribution in [0.15, 0.2) is 4.99 Å². The number of nitrogens with one attached hydrogen (secondary N) is 2. The number of aliphatic imine (C=N–C) groups is 1. The molecule has 0 saturated carbocycles. The average molecular weight is 547 g/mol. The second kappa shape index (κ2) is 14.0. The number of hydrogen-bond acceptors (Lipinski definition) is 5. The van der Waals surface area contributed by atoms with Crippen LogP contribution in [0.25, 0.3) is 0 Å². The van der Waals surface area contributed by atoms with Gasteiger partial charge in [-0.25, -0.2) is 4.99 Å². The van der Waals surface area contributed by atoms with E-state index in [1.807, 2.05) is 18.5 Å². The van der Waals surface area contributed by atoms with E-state index in [-0.39, 0.29) is 30.4 Å². The first-order valence-electron chi connectivity index (χ1n) is 10.1. The summed E-state index contributed by atoms with van der Waals surface area (Å²) in [6.45, 7) is 7.79. The van der Waals surface area contributed by atoms with E-state index in [0.717, 1.165) is 57.5 Å². The third kappa shape index (κ3) is 10.8. The van der Waals surface area contributed by atoms with Crippen LogP contribution < -0.4 is 10.6 Å². The molecular formula is C18H33F3IN7O. The molecule has 0 radical (unpaired) electrons. The van der Waals surface area contributed by atoms with Crippen LogP contribution in [0.5, 0.6) is 0 Å². The van der Waals surface area contributed by atoms with Crippen LogP contribution in [-0.4, -0.2) is 77.7 Å². The van der Waals surface area contributed by atoms with Gasteiger partial charge in [-0.2, -0.15) is 13.2 Å². The van der Waals surface area contributed by atoms with Gasteiger partial charge in [-0.1, -0.05) is 0 Å². The summed E-state index contributed by atoms with van der Waals surface area (Å²) in [7, 11) is 1.88. The molecule has 0 atom stereocenters. The molecule has 1 fully saturated rings. The zero-order valence-corrected chi connectivity index (χ0v) is 20.0. The fourth-order valence-corrected chi connectivity index (χ4v) is 2.90. The molecular weight excluding hydrogens is 514 g/mol. The van der Waals surface area contributed by atoms with Gasteiger partial charge in [0.25, 0.3) is 0 Å². The second-order valence-corrected chi connectivity index (χ2v) is 7.12. The molecule has 1 saturated heterocycles. The predicted octanol–water partition coefficient (Wildman–Crippen LogP) is 2.23. The predicted molar refractivity (Wildman–Crippen MR) is 120 cm³/mol. The molecule has 2 N–H and O–H groups in total. The summed E-state index contributed by atoms with van der Waals surface area (Å²) in [6, 6.07) is 0. The number of rotatable bonds is 10. The number of ether oxygens (including phenoxy) is 1. The van der Waals surface area contributed by atoms with Crippen LogP contribution in [0.1, 0.15) is 37.3 Å². The lowest BCUT2D eigenvalue weighted by Gasteiger charge is -2.26. The number of aromatic nitrogens is 3. The molecule has 1 aliphatic rings. The first-order chi connectivity index (χ1) is 13.8. The topological polar surface area (TPSA) is 79.6 Å². The van der Waals surface area contributed by atoms with Crippen molar-refractivity contribution in [2.75, 3.05) is 45.9 Å². The minimum atomic E-state index is -4.10.